The van der Waals surface area contributed by atoms with Crippen molar-refractivity contribution in [1.82, 2.24) is 5.32 Å². The second kappa shape index (κ2) is 6.15. The van der Waals surface area contributed by atoms with E-state index in [2.05, 4.69) is 17.2 Å². The van der Waals surface area contributed by atoms with Crippen LogP contribution in [0.15, 0.2) is 18.2 Å². The molecule has 0 fully saturated rings. The van der Waals surface area contributed by atoms with Crippen molar-refractivity contribution in [2.45, 2.75) is 6.92 Å². The Kier molecular flexibility index (Phi) is 4.58. The summed E-state index contributed by atoms with van der Waals surface area (Å²) in [6.07, 6.45) is 0.423. The number of carbonyl (C=O) groups excluding carboxylic acids is 2. The maximum Gasteiger partial charge on any atom is 0.281 e. The summed E-state index contributed by atoms with van der Waals surface area (Å²) < 4.78 is 0. The molecule has 0 bridgehead atoms. The summed E-state index contributed by atoms with van der Waals surface area (Å²) in [6.45, 7) is 1.53. The van der Waals surface area contributed by atoms with E-state index >= 15 is 0 Å². The van der Waals surface area contributed by atoms with Crippen LogP contribution >= 0.6 is 0 Å². The second-order valence-corrected chi connectivity index (χ2v) is 3.36. The number of benzene rings is 1. The van der Waals surface area contributed by atoms with E-state index in [0.29, 0.717) is 11.8 Å². The molecule has 0 aromatic heterocycles. The Hall–Kier alpha value is -2.68. The minimum Gasteiger partial charge on any atom is -0.345 e. The third kappa shape index (κ3) is 3.72. The second-order valence-electron chi connectivity index (χ2n) is 3.36. The van der Waals surface area contributed by atoms with Crippen LogP contribution in [0.1, 0.15) is 22.8 Å². The summed E-state index contributed by atoms with van der Waals surface area (Å²) in [4.78, 5) is 31.2. The third-order valence-electron chi connectivity index (χ3n) is 2.01. The smallest absolute Gasteiger partial charge is 0.281 e. The van der Waals surface area contributed by atoms with Gasteiger partial charge in [0.05, 0.1) is 17.0 Å². The maximum atomic E-state index is 10.7. The lowest BCUT2D eigenvalue weighted by molar-refractivity contribution is -0.385. The van der Waals surface area contributed by atoms with Crippen LogP contribution in [-0.2, 0) is 4.79 Å². The van der Waals surface area contributed by atoms with Crippen molar-refractivity contribution in [1.29, 1.82) is 0 Å². The monoisotopic (exact) mass is 246 g/mol. The van der Waals surface area contributed by atoms with Crippen LogP contribution < -0.4 is 5.32 Å². The normalized spacial score (nSPS) is 8.94. The summed E-state index contributed by atoms with van der Waals surface area (Å²) in [5.41, 5.74) is 0.140. The number of nitro groups is 1. The summed E-state index contributed by atoms with van der Waals surface area (Å²) in [6, 6.07) is 4.08. The lowest BCUT2D eigenvalue weighted by Gasteiger charge is -1.96. The lowest BCUT2D eigenvalue weighted by Crippen LogP contribution is -2.19. The molecule has 0 atom stereocenters. The molecule has 1 aromatic carbocycles. The van der Waals surface area contributed by atoms with Crippen molar-refractivity contribution in [3.05, 3.63) is 39.4 Å². The number of hydrogen-bond donors (Lipinski definition) is 1. The van der Waals surface area contributed by atoms with Gasteiger partial charge >= 0.3 is 0 Å². The Labute approximate surface area is 103 Å². The molecule has 92 valence electrons. The maximum absolute atomic E-state index is 10.7. The highest BCUT2D eigenvalue weighted by Gasteiger charge is 2.12. The third-order valence-corrected chi connectivity index (χ3v) is 2.01. The molecule has 0 heterocycles. The first-order chi connectivity index (χ1) is 8.54. The molecule has 6 heteroatoms. The van der Waals surface area contributed by atoms with Crippen LogP contribution in [0, 0.1) is 22.0 Å². The van der Waals surface area contributed by atoms with E-state index in [9.17, 15) is 19.7 Å². The molecule has 1 amide bonds. The quantitative estimate of drug-likeness (QED) is 0.371. The molecule has 0 saturated heterocycles. The predicted octanol–water partition coefficient (Wildman–Crippen LogP) is 0.895. The number of nitrogens with zero attached hydrogens (tertiary/aromatic N) is 1. The highest BCUT2D eigenvalue weighted by Crippen LogP contribution is 2.17. The fourth-order valence-electron chi connectivity index (χ4n) is 1.19. The molecule has 0 spiro atoms. The molecule has 0 aliphatic rings. The average molecular weight is 246 g/mol. The SMILES string of the molecule is CC(=O)NCC#Cc1ccc(C=O)c([N+](=O)[O-])c1. The van der Waals surface area contributed by atoms with Crippen molar-refractivity contribution in [2.75, 3.05) is 6.54 Å². The van der Waals surface area contributed by atoms with Gasteiger partial charge in [-0.15, -0.1) is 0 Å². The van der Waals surface area contributed by atoms with Gasteiger partial charge in [0.2, 0.25) is 5.91 Å². The largest absolute Gasteiger partial charge is 0.345 e. The number of nitro benzene ring substituents is 1. The minimum absolute atomic E-state index is 0.00686. The van der Waals surface area contributed by atoms with Gasteiger partial charge in [-0.1, -0.05) is 11.8 Å². The number of hydrogen-bond acceptors (Lipinski definition) is 4. The minimum atomic E-state index is -0.636. The fourth-order valence-corrected chi connectivity index (χ4v) is 1.19. The van der Waals surface area contributed by atoms with Crippen molar-refractivity contribution in [3.8, 4) is 11.8 Å². The van der Waals surface area contributed by atoms with Crippen LogP contribution in [-0.4, -0.2) is 23.7 Å². The van der Waals surface area contributed by atoms with Crippen molar-refractivity contribution < 1.29 is 14.5 Å². The highest BCUT2D eigenvalue weighted by atomic mass is 16.6. The first-order valence-electron chi connectivity index (χ1n) is 5.01. The van der Waals surface area contributed by atoms with Crippen molar-refractivity contribution >= 4 is 17.9 Å². The molecule has 6 nitrogen and oxygen atoms in total. The molecule has 0 aliphatic carbocycles. The zero-order chi connectivity index (χ0) is 13.5. The zero-order valence-corrected chi connectivity index (χ0v) is 9.60. The molecular formula is C12H10N2O4. The molecule has 1 aromatic rings. The molecule has 0 aliphatic heterocycles. The molecule has 0 radical (unpaired) electrons. The van der Waals surface area contributed by atoms with Gasteiger partial charge in [-0.25, -0.2) is 0 Å². The molecule has 1 rings (SSSR count). The van der Waals surface area contributed by atoms with E-state index in [1.165, 1.54) is 25.1 Å². The van der Waals surface area contributed by atoms with Crippen LogP contribution in [0.4, 0.5) is 5.69 Å². The molecule has 0 unspecified atom stereocenters. The van der Waals surface area contributed by atoms with E-state index < -0.39 is 4.92 Å². The van der Waals surface area contributed by atoms with E-state index in [1.54, 1.807) is 0 Å². The Bertz CT molecular complexity index is 555. The van der Waals surface area contributed by atoms with E-state index in [-0.39, 0.29) is 23.7 Å². The van der Waals surface area contributed by atoms with Gasteiger partial charge in [-0.05, 0) is 12.1 Å². The summed E-state index contributed by atoms with van der Waals surface area (Å²) in [5, 5.41) is 13.2. The van der Waals surface area contributed by atoms with E-state index in [0.717, 1.165) is 0 Å². The van der Waals surface area contributed by atoms with Gasteiger partial charge in [0.15, 0.2) is 6.29 Å². The Balaban J connectivity index is 2.91. The topological polar surface area (TPSA) is 89.3 Å². The van der Waals surface area contributed by atoms with Gasteiger partial charge < -0.3 is 5.32 Å². The summed E-state index contributed by atoms with van der Waals surface area (Å²) in [7, 11) is 0. The van der Waals surface area contributed by atoms with Gasteiger partial charge in [0, 0.05) is 18.6 Å². The first kappa shape index (κ1) is 13.4. The molecular weight excluding hydrogens is 236 g/mol. The number of aldehydes is 1. The number of rotatable bonds is 3. The van der Waals surface area contributed by atoms with Gasteiger partial charge in [-0.3, -0.25) is 19.7 Å². The fraction of sp³-hybridized carbons (Fsp3) is 0.167. The van der Waals surface area contributed by atoms with Crippen LogP contribution in [0.2, 0.25) is 0 Å². The Morgan fingerprint density at radius 3 is 2.83 bits per heavy atom. The first-order valence-corrected chi connectivity index (χ1v) is 5.01. The van der Waals surface area contributed by atoms with Crippen LogP contribution in [0.5, 0.6) is 0 Å². The van der Waals surface area contributed by atoms with Gasteiger partial charge in [0.25, 0.3) is 5.69 Å². The van der Waals surface area contributed by atoms with Crippen LogP contribution in [0.3, 0.4) is 0 Å². The highest BCUT2D eigenvalue weighted by molar-refractivity contribution is 5.81. The van der Waals surface area contributed by atoms with Gasteiger partial charge in [-0.2, -0.15) is 0 Å². The van der Waals surface area contributed by atoms with E-state index in [4.69, 9.17) is 0 Å². The molecule has 1 N–H and O–H groups in total. The average Bonchev–Trinajstić information content (AvgIpc) is 2.34. The standard InChI is InChI=1S/C12H10N2O4/c1-9(16)13-6-2-3-10-4-5-11(8-15)12(7-10)14(17)18/h4-5,7-8H,6H2,1H3,(H,13,16). The Morgan fingerprint density at radius 2 is 2.28 bits per heavy atom. The molecule has 18 heavy (non-hydrogen) atoms. The number of amides is 1. The van der Waals surface area contributed by atoms with Gasteiger partial charge in [0.1, 0.15) is 0 Å². The Morgan fingerprint density at radius 1 is 1.56 bits per heavy atom. The molecule has 0 saturated carbocycles. The summed E-state index contributed by atoms with van der Waals surface area (Å²) in [5.74, 6) is 5.10. The van der Waals surface area contributed by atoms with Crippen LogP contribution in [0.25, 0.3) is 0 Å². The zero-order valence-electron chi connectivity index (χ0n) is 9.60. The lowest BCUT2D eigenvalue weighted by atomic mass is 10.1. The number of nitrogens with one attached hydrogen (secondary N) is 1. The predicted molar refractivity (Wildman–Crippen MR) is 64.0 cm³/mol. The number of carbonyl (C=O) groups is 2. The van der Waals surface area contributed by atoms with Crippen molar-refractivity contribution in [2.24, 2.45) is 0 Å². The van der Waals surface area contributed by atoms with E-state index in [1.807, 2.05) is 0 Å². The van der Waals surface area contributed by atoms with Crippen molar-refractivity contribution in [3.63, 3.8) is 0 Å². The summed E-state index contributed by atoms with van der Waals surface area (Å²) >= 11 is 0.